The molecule has 3 nitrogen and oxygen atoms in total. The first kappa shape index (κ1) is 22.1. The van der Waals surface area contributed by atoms with Gasteiger partial charge in [-0.2, -0.15) is 39.5 Å². The first-order valence-corrected chi connectivity index (χ1v) is 7.63. The quantitative estimate of drug-likeness (QED) is 0.682. The number of carbonyl (C=O) groups excluding carboxylic acids is 1. The minimum Gasteiger partial charge on any atom is -0.368 e. The highest BCUT2D eigenvalue weighted by atomic mass is 19.4. The van der Waals surface area contributed by atoms with Crippen molar-refractivity contribution in [1.82, 2.24) is 4.90 Å². The molecule has 1 amide bonds. The third kappa shape index (κ3) is 3.58. The van der Waals surface area contributed by atoms with Crippen LogP contribution in [0, 0.1) is 5.82 Å². The third-order valence-corrected chi connectivity index (χ3v) is 4.17. The molecule has 0 spiro atoms. The average molecular weight is 426 g/mol. The molecule has 0 N–H and O–H groups in total. The van der Waals surface area contributed by atoms with E-state index in [2.05, 4.69) is 0 Å². The lowest BCUT2D eigenvalue weighted by Gasteiger charge is -2.39. The predicted molar refractivity (Wildman–Crippen MR) is 76.1 cm³/mol. The van der Waals surface area contributed by atoms with Crippen LogP contribution < -0.4 is 4.90 Å². The summed E-state index contributed by atoms with van der Waals surface area (Å²) in [6.45, 7) is -1.71. The number of carbonyl (C=O) groups is 1. The molecule has 1 aliphatic rings. The maximum Gasteiger partial charge on any atom is 0.460 e. The van der Waals surface area contributed by atoms with Crippen LogP contribution in [0.2, 0.25) is 0 Å². The van der Waals surface area contributed by atoms with Crippen molar-refractivity contribution >= 4 is 11.6 Å². The molecule has 1 fully saturated rings. The summed E-state index contributed by atoms with van der Waals surface area (Å²) in [6.07, 6.45) is -6.98. The molecule has 1 heterocycles. The molecule has 0 aromatic heterocycles. The van der Waals surface area contributed by atoms with E-state index in [4.69, 9.17) is 0 Å². The summed E-state index contributed by atoms with van der Waals surface area (Å²) in [4.78, 5) is 13.2. The molecule has 1 aromatic rings. The van der Waals surface area contributed by atoms with Crippen LogP contribution in [0.15, 0.2) is 24.3 Å². The van der Waals surface area contributed by atoms with Gasteiger partial charge < -0.3 is 9.80 Å². The lowest BCUT2D eigenvalue weighted by molar-refractivity contribution is -0.389. The van der Waals surface area contributed by atoms with E-state index in [1.165, 1.54) is 17.0 Å². The van der Waals surface area contributed by atoms with Gasteiger partial charge in [-0.3, -0.25) is 4.79 Å². The number of halogens is 10. The smallest absolute Gasteiger partial charge is 0.368 e. The molecule has 13 heteroatoms. The Morgan fingerprint density at radius 2 is 1.21 bits per heavy atom. The highest BCUT2D eigenvalue weighted by molar-refractivity contribution is 5.85. The van der Waals surface area contributed by atoms with Crippen LogP contribution in [0.25, 0.3) is 0 Å². The molecule has 0 saturated carbocycles. The van der Waals surface area contributed by atoms with Gasteiger partial charge in [0.05, 0.1) is 0 Å². The number of amides is 1. The van der Waals surface area contributed by atoms with Gasteiger partial charge in [-0.1, -0.05) is 0 Å². The van der Waals surface area contributed by atoms with Gasteiger partial charge in [0.15, 0.2) is 0 Å². The number of benzene rings is 1. The van der Waals surface area contributed by atoms with Gasteiger partial charge in [-0.15, -0.1) is 0 Å². The molecule has 158 valence electrons. The number of alkyl halides is 9. The fourth-order valence-corrected chi connectivity index (χ4v) is 2.53. The number of nitrogens with zero attached hydrogens (tertiary/aromatic N) is 2. The van der Waals surface area contributed by atoms with E-state index in [0.29, 0.717) is 5.69 Å². The van der Waals surface area contributed by atoms with Crippen LogP contribution in [0.1, 0.15) is 0 Å². The van der Waals surface area contributed by atoms with Crippen molar-refractivity contribution in [3.63, 3.8) is 0 Å². The Morgan fingerprint density at radius 3 is 1.64 bits per heavy atom. The Balaban J connectivity index is 2.14. The van der Waals surface area contributed by atoms with Crippen molar-refractivity contribution in [2.24, 2.45) is 0 Å². The first-order chi connectivity index (χ1) is 12.6. The lowest BCUT2D eigenvalue weighted by atomic mass is 10.0. The summed E-state index contributed by atoms with van der Waals surface area (Å²) in [7, 11) is 0. The second kappa shape index (κ2) is 6.99. The number of anilines is 1. The van der Waals surface area contributed by atoms with E-state index in [1.54, 1.807) is 0 Å². The van der Waals surface area contributed by atoms with Crippen LogP contribution in [0.4, 0.5) is 49.6 Å². The van der Waals surface area contributed by atoms with Crippen LogP contribution in [0.3, 0.4) is 0 Å². The molecule has 0 radical (unpaired) electrons. The van der Waals surface area contributed by atoms with Gasteiger partial charge in [0.2, 0.25) is 0 Å². The van der Waals surface area contributed by atoms with E-state index < -0.39 is 48.8 Å². The highest BCUT2D eigenvalue weighted by Crippen LogP contribution is 2.53. The first-order valence-electron chi connectivity index (χ1n) is 7.63. The summed E-state index contributed by atoms with van der Waals surface area (Å²) in [5, 5.41) is 0. The van der Waals surface area contributed by atoms with Gasteiger partial charge in [0.1, 0.15) is 5.82 Å². The summed E-state index contributed by atoms with van der Waals surface area (Å²) in [6, 6.07) is 4.81. The van der Waals surface area contributed by atoms with Gasteiger partial charge in [0, 0.05) is 31.9 Å². The Hall–Kier alpha value is -2.21. The van der Waals surface area contributed by atoms with Gasteiger partial charge in [-0.05, 0) is 24.3 Å². The Kier molecular flexibility index (Phi) is 5.52. The van der Waals surface area contributed by atoms with Crippen LogP contribution in [0.5, 0.6) is 0 Å². The second-order valence-electron chi connectivity index (χ2n) is 5.98. The zero-order valence-electron chi connectivity index (χ0n) is 13.7. The van der Waals surface area contributed by atoms with E-state index in [1.807, 2.05) is 0 Å². The topological polar surface area (TPSA) is 23.6 Å². The third-order valence-electron chi connectivity index (χ3n) is 4.17. The Bertz CT molecular complexity index is 709. The normalized spacial score (nSPS) is 17.1. The maximum atomic E-state index is 13.7. The van der Waals surface area contributed by atoms with Crippen molar-refractivity contribution in [3.05, 3.63) is 30.1 Å². The lowest BCUT2D eigenvalue weighted by Crippen LogP contribution is -2.66. The van der Waals surface area contributed by atoms with E-state index in [-0.39, 0.29) is 18.0 Å². The monoisotopic (exact) mass is 426 g/mol. The molecule has 2 rings (SSSR count). The molecule has 0 aliphatic carbocycles. The molecule has 0 atom stereocenters. The summed E-state index contributed by atoms with van der Waals surface area (Å²) in [5.41, 5.74) is 0.411. The average Bonchev–Trinajstić information content (AvgIpc) is 2.60. The summed E-state index contributed by atoms with van der Waals surface area (Å²) in [5.74, 6) is -23.8. The largest absolute Gasteiger partial charge is 0.460 e. The zero-order valence-corrected chi connectivity index (χ0v) is 13.7. The highest BCUT2D eigenvalue weighted by Gasteiger charge is 2.84. The van der Waals surface area contributed by atoms with Crippen LogP contribution >= 0.6 is 0 Å². The van der Waals surface area contributed by atoms with Crippen molar-refractivity contribution in [2.75, 3.05) is 31.1 Å². The van der Waals surface area contributed by atoms with Crippen molar-refractivity contribution in [3.8, 4) is 0 Å². The number of rotatable bonds is 4. The van der Waals surface area contributed by atoms with E-state index >= 15 is 0 Å². The molecule has 28 heavy (non-hydrogen) atoms. The number of hydrogen-bond donors (Lipinski definition) is 0. The van der Waals surface area contributed by atoms with Crippen molar-refractivity contribution in [2.45, 2.75) is 23.9 Å². The van der Waals surface area contributed by atoms with Crippen molar-refractivity contribution in [1.29, 1.82) is 0 Å². The zero-order chi connectivity index (χ0) is 21.5. The fourth-order valence-electron chi connectivity index (χ4n) is 2.53. The maximum absolute atomic E-state index is 13.7. The van der Waals surface area contributed by atoms with Gasteiger partial charge in [-0.25, -0.2) is 4.39 Å². The molecule has 0 bridgehead atoms. The fraction of sp³-hybridized carbons (Fsp3) is 0.533. The van der Waals surface area contributed by atoms with E-state index in [0.717, 1.165) is 12.1 Å². The van der Waals surface area contributed by atoms with Crippen LogP contribution in [-0.4, -0.2) is 60.9 Å². The summed E-state index contributed by atoms with van der Waals surface area (Å²) < 4.78 is 129. The molecule has 1 aromatic carbocycles. The molecule has 1 saturated heterocycles. The Morgan fingerprint density at radius 1 is 0.750 bits per heavy atom. The van der Waals surface area contributed by atoms with Crippen molar-refractivity contribution < 1.29 is 48.7 Å². The van der Waals surface area contributed by atoms with Crippen LogP contribution in [-0.2, 0) is 4.79 Å². The molecular formula is C15H12F10N2O. The molecule has 1 aliphatic heterocycles. The standard InChI is InChI=1S/C15H12F10N2O/c16-9-1-3-10(4-2-9)26-5-7-27(8-6-26)11(28)12(17,18)13(19,20)14(21,22)15(23,24)25/h1-4H,5-8H2. The van der Waals surface area contributed by atoms with E-state index in [9.17, 15) is 48.7 Å². The number of hydrogen-bond acceptors (Lipinski definition) is 2. The van der Waals surface area contributed by atoms with Gasteiger partial charge in [0.25, 0.3) is 5.91 Å². The second-order valence-corrected chi connectivity index (χ2v) is 5.98. The van der Waals surface area contributed by atoms with Gasteiger partial charge >= 0.3 is 23.9 Å². The molecular weight excluding hydrogens is 414 g/mol. The number of piperazine rings is 1. The SMILES string of the molecule is O=C(N1CCN(c2ccc(F)cc2)CC1)C(F)(F)C(F)(F)C(F)(F)C(F)(F)F. The predicted octanol–water partition coefficient (Wildman–Crippen LogP) is 3.94. The minimum atomic E-state index is -7.12. The minimum absolute atomic E-state index is 0.0837. The molecule has 0 unspecified atom stereocenters. The summed E-state index contributed by atoms with van der Waals surface area (Å²) >= 11 is 0. The Labute approximate surface area is 151 Å².